The van der Waals surface area contributed by atoms with Gasteiger partial charge in [0.25, 0.3) is 0 Å². The summed E-state index contributed by atoms with van der Waals surface area (Å²) in [5, 5.41) is 0. The van der Waals surface area contributed by atoms with Crippen LogP contribution in [0.15, 0.2) is 78.9 Å². The third-order valence-electron chi connectivity index (χ3n) is 3.89. The first-order valence-corrected chi connectivity index (χ1v) is 7.92. The first-order chi connectivity index (χ1) is 11.7. The Labute approximate surface area is 141 Å². The van der Waals surface area contributed by atoms with Crippen molar-refractivity contribution in [2.75, 3.05) is 0 Å². The van der Waals surface area contributed by atoms with E-state index in [9.17, 15) is 8.78 Å². The van der Waals surface area contributed by atoms with E-state index in [-0.39, 0.29) is 5.82 Å². The number of rotatable bonds is 5. The Kier molecular flexibility index (Phi) is 5.17. The minimum atomic E-state index is -0.994. The van der Waals surface area contributed by atoms with Gasteiger partial charge in [0.1, 0.15) is 12.0 Å². The van der Waals surface area contributed by atoms with Gasteiger partial charge in [-0.1, -0.05) is 78.9 Å². The smallest absolute Gasteiger partial charge is 0.129 e. The topological polar surface area (TPSA) is 0 Å². The Morgan fingerprint density at radius 1 is 0.708 bits per heavy atom. The molecule has 1 atom stereocenters. The lowest BCUT2D eigenvalue weighted by atomic mass is 10.0. The van der Waals surface area contributed by atoms with Gasteiger partial charge in [0, 0.05) is 6.42 Å². The first kappa shape index (κ1) is 16.1. The number of alkyl halides is 1. The van der Waals surface area contributed by atoms with Crippen molar-refractivity contribution in [3.63, 3.8) is 0 Å². The molecule has 0 amide bonds. The molecule has 2 heteroatoms. The highest BCUT2D eigenvalue weighted by molar-refractivity contribution is 5.69. The first-order valence-electron chi connectivity index (χ1n) is 7.92. The highest BCUT2D eigenvalue weighted by atomic mass is 19.1. The van der Waals surface area contributed by atoms with Crippen LogP contribution in [0.1, 0.15) is 28.4 Å². The fourth-order valence-electron chi connectivity index (χ4n) is 2.52. The lowest BCUT2D eigenvalue weighted by Gasteiger charge is -2.08. The van der Waals surface area contributed by atoms with Crippen LogP contribution in [-0.4, -0.2) is 0 Å². The predicted octanol–water partition coefficient (Wildman–Crippen LogP) is 6.25. The number of hydrogen-bond donors (Lipinski definition) is 0. The Balaban J connectivity index is 1.64. The van der Waals surface area contributed by atoms with Crippen molar-refractivity contribution in [2.24, 2.45) is 0 Å². The van der Waals surface area contributed by atoms with E-state index in [0.29, 0.717) is 12.0 Å². The van der Waals surface area contributed by atoms with Crippen molar-refractivity contribution >= 4 is 12.2 Å². The maximum absolute atomic E-state index is 14.3. The fraction of sp³-hybridized carbons (Fsp3) is 0.0909. The van der Waals surface area contributed by atoms with E-state index in [1.807, 2.05) is 66.7 Å². The molecule has 0 spiro atoms. The molecule has 1 unspecified atom stereocenters. The molecule has 3 aromatic rings. The molecule has 0 aromatic heterocycles. The van der Waals surface area contributed by atoms with E-state index >= 15 is 0 Å². The zero-order valence-corrected chi connectivity index (χ0v) is 13.2. The summed E-state index contributed by atoms with van der Waals surface area (Å²) >= 11 is 0. The van der Waals surface area contributed by atoms with Crippen LogP contribution in [0, 0.1) is 5.82 Å². The lowest BCUT2D eigenvalue weighted by Crippen LogP contribution is -1.96. The summed E-state index contributed by atoms with van der Waals surface area (Å²) in [4.78, 5) is 0. The van der Waals surface area contributed by atoms with Crippen molar-refractivity contribution in [3.8, 4) is 0 Å². The molecule has 0 fully saturated rings. The minimum Gasteiger partial charge on any atom is -0.242 e. The highest BCUT2D eigenvalue weighted by Gasteiger charge is 2.09. The summed E-state index contributed by atoms with van der Waals surface area (Å²) in [6.07, 6.45) is 3.26. The summed E-state index contributed by atoms with van der Waals surface area (Å²) in [7, 11) is 0. The van der Waals surface area contributed by atoms with Gasteiger partial charge in [0.15, 0.2) is 0 Å². The summed E-state index contributed by atoms with van der Waals surface area (Å²) in [5.74, 6) is -0.240. The summed E-state index contributed by atoms with van der Waals surface area (Å²) in [6, 6.07) is 23.4. The second kappa shape index (κ2) is 7.69. The summed E-state index contributed by atoms with van der Waals surface area (Å²) < 4.78 is 27.1. The van der Waals surface area contributed by atoms with Gasteiger partial charge < -0.3 is 0 Å². The van der Waals surface area contributed by atoms with Crippen molar-refractivity contribution in [1.82, 2.24) is 0 Å². The molecule has 0 saturated carbocycles. The summed E-state index contributed by atoms with van der Waals surface area (Å²) in [6.45, 7) is 0. The largest absolute Gasteiger partial charge is 0.242 e. The van der Waals surface area contributed by atoms with Crippen molar-refractivity contribution in [2.45, 2.75) is 12.6 Å². The lowest BCUT2D eigenvalue weighted by molar-refractivity contribution is 0.342. The summed E-state index contributed by atoms with van der Waals surface area (Å²) in [5.41, 5.74) is 3.63. The molecule has 0 aliphatic heterocycles. The SMILES string of the molecule is Fc1ccc(/C=C/c2ccc(CC(F)c3ccccc3)cc2)cc1. The van der Waals surface area contributed by atoms with Gasteiger partial charge in [-0.2, -0.15) is 0 Å². The Morgan fingerprint density at radius 2 is 1.25 bits per heavy atom. The van der Waals surface area contributed by atoms with Crippen LogP contribution in [0.25, 0.3) is 12.2 Å². The number of halogens is 2. The molecular formula is C22H18F2. The molecule has 0 aliphatic carbocycles. The molecular weight excluding hydrogens is 302 g/mol. The molecule has 3 aromatic carbocycles. The van der Waals surface area contributed by atoms with Gasteiger partial charge in [0.2, 0.25) is 0 Å². The zero-order chi connectivity index (χ0) is 16.8. The molecule has 0 radical (unpaired) electrons. The molecule has 0 saturated heterocycles. The van der Waals surface area contributed by atoms with Crippen LogP contribution in [0.2, 0.25) is 0 Å². The Hall–Kier alpha value is -2.74. The predicted molar refractivity (Wildman–Crippen MR) is 95.8 cm³/mol. The molecule has 0 heterocycles. The fourth-order valence-corrected chi connectivity index (χ4v) is 2.52. The zero-order valence-electron chi connectivity index (χ0n) is 13.2. The number of hydrogen-bond acceptors (Lipinski definition) is 0. The molecule has 120 valence electrons. The third-order valence-corrected chi connectivity index (χ3v) is 3.89. The molecule has 0 N–H and O–H groups in total. The van der Waals surface area contributed by atoms with Crippen LogP contribution in [0.3, 0.4) is 0 Å². The van der Waals surface area contributed by atoms with Gasteiger partial charge in [-0.3, -0.25) is 0 Å². The van der Waals surface area contributed by atoms with E-state index in [1.165, 1.54) is 12.1 Å². The van der Waals surface area contributed by atoms with E-state index < -0.39 is 6.17 Å². The van der Waals surface area contributed by atoms with Crippen LogP contribution in [-0.2, 0) is 6.42 Å². The van der Waals surface area contributed by atoms with Gasteiger partial charge in [0.05, 0.1) is 0 Å². The van der Waals surface area contributed by atoms with Gasteiger partial charge in [-0.15, -0.1) is 0 Å². The van der Waals surface area contributed by atoms with Crippen molar-refractivity contribution in [3.05, 3.63) is 107 Å². The minimum absolute atomic E-state index is 0.240. The quantitative estimate of drug-likeness (QED) is 0.487. The van der Waals surface area contributed by atoms with E-state index in [1.54, 1.807) is 12.1 Å². The van der Waals surface area contributed by atoms with Crippen LogP contribution >= 0.6 is 0 Å². The second-order valence-corrected chi connectivity index (χ2v) is 5.71. The molecule has 3 rings (SSSR count). The van der Waals surface area contributed by atoms with Gasteiger partial charge in [-0.25, -0.2) is 8.78 Å². The van der Waals surface area contributed by atoms with Crippen LogP contribution < -0.4 is 0 Å². The average molecular weight is 320 g/mol. The number of benzene rings is 3. The van der Waals surface area contributed by atoms with E-state index in [0.717, 1.165) is 16.7 Å². The molecule has 0 aliphatic rings. The van der Waals surface area contributed by atoms with E-state index in [2.05, 4.69) is 0 Å². The highest BCUT2D eigenvalue weighted by Crippen LogP contribution is 2.22. The Bertz CT molecular complexity index is 788. The second-order valence-electron chi connectivity index (χ2n) is 5.71. The van der Waals surface area contributed by atoms with Crippen molar-refractivity contribution < 1.29 is 8.78 Å². The maximum atomic E-state index is 14.3. The molecule has 0 nitrogen and oxygen atoms in total. The van der Waals surface area contributed by atoms with Gasteiger partial charge in [-0.05, 0) is 34.4 Å². The van der Waals surface area contributed by atoms with Crippen LogP contribution in [0.4, 0.5) is 8.78 Å². The third kappa shape index (κ3) is 4.39. The molecule has 0 bridgehead atoms. The normalized spacial score (nSPS) is 12.4. The average Bonchev–Trinajstić information content (AvgIpc) is 2.63. The van der Waals surface area contributed by atoms with E-state index in [4.69, 9.17) is 0 Å². The Morgan fingerprint density at radius 3 is 1.83 bits per heavy atom. The maximum Gasteiger partial charge on any atom is 0.129 e. The standard InChI is InChI=1S/C22H18F2/c23-21-14-12-18(13-15-21)7-6-17-8-10-19(11-9-17)16-22(24)20-4-2-1-3-5-20/h1-15,22H,16H2/b7-6+. The monoisotopic (exact) mass is 320 g/mol. The molecule has 24 heavy (non-hydrogen) atoms. The van der Waals surface area contributed by atoms with Crippen LogP contribution in [0.5, 0.6) is 0 Å². The van der Waals surface area contributed by atoms with Gasteiger partial charge >= 0.3 is 0 Å². The van der Waals surface area contributed by atoms with Crippen molar-refractivity contribution in [1.29, 1.82) is 0 Å².